The predicted molar refractivity (Wildman–Crippen MR) is 113 cm³/mol. The molecule has 7 heteroatoms. The van der Waals surface area contributed by atoms with Crippen LogP contribution in [-0.4, -0.2) is 24.0 Å². The molecule has 0 N–H and O–H groups in total. The molecule has 1 saturated carbocycles. The average Bonchev–Trinajstić information content (AvgIpc) is 3.07. The Labute approximate surface area is 178 Å². The molecule has 3 nitrogen and oxygen atoms in total. The van der Waals surface area contributed by atoms with Crippen molar-refractivity contribution in [3.8, 4) is 0 Å². The second kappa shape index (κ2) is 6.97. The Morgan fingerprint density at radius 1 is 1.16 bits per heavy atom. The smallest absolute Gasteiger partial charge is 0.258 e. The van der Waals surface area contributed by atoms with Gasteiger partial charge in [0.15, 0.2) is 0 Å². The Morgan fingerprint density at radius 2 is 1.90 bits per heavy atom. The quantitative estimate of drug-likeness (QED) is 0.552. The van der Waals surface area contributed by atoms with Crippen molar-refractivity contribution in [2.75, 3.05) is 22.9 Å². The van der Waals surface area contributed by atoms with Crippen LogP contribution >= 0.6 is 0 Å². The number of benzene rings is 1. The molecule has 160 valence electrons. The first-order chi connectivity index (χ1) is 14.8. The third kappa shape index (κ3) is 3.06. The maximum atomic E-state index is 14.7. The number of alkyl halides is 2. The number of anilines is 3. The van der Waals surface area contributed by atoms with Crippen LogP contribution in [0.2, 0.25) is 0 Å². The molecule has 0 amide bonds. The highest BCUT2D eigenvalue weighted by Crippen LogP contribution is 2.59. The van der Waals surface area contributed by atoms with E-state index in [1.54, 1.807) is 17.2 Å². The Hall–Kier alpha value is -3.09. The number of aromatic nitrogens is 1. The van der Waals surface area contributed by atoms with Gasteiger partial charge in [-0.3, -0.25) is 4.90 Å². The molecule has 3 heterocycles. The van der Waals surface area contributed by atoms with E-state index >= 15 is 0 Å². The maximum Gasteiger partial charge on any atom is 0.258 e. The van der Waals surface area contributed by atoms with E-state index in [0.29, 0.717) is 11.6 Å². The minimum Gasteiger partial charge on any atom is -0.356 e. The average molecular weight is 427 g/mol. The molecule has 0 bridgehead atoms. The molecule has 0 radical (unpaired) electrons. The molecule has 0 spiro atoms. The molecule has 2 unspecified atom stereocenters. The highest BCUT2D eigenvalue weighted by Gasteiger charge is 2.71. The number of nitrogens with zero attached hydrogens (tertiary/aromatic N) is 3. The van der Waals surface area contributed by atoms with Crippen LogP contribution in [0.15, 0.2) is 60.8 Å². The van der Waals surface area contributed by atoms with Gasteiger partial charge in [-0.2, -0.15) is 0 Å². The van der Waals surface area contributed by atoms with Gasteiger partial charge in [0.2, 0.25) is 0 Å². The first-order valence-corrected chi connectivity index (χ1v) is 10.3. The minimum atomic E-state index is -2.58. The number of pyridine rings is 1. The van der Waals surface area contributed by atoms with Gasteiger partial charge in [0.25, 0.3) is 5.92 Å². The Bertz CT molecular complexity index is 1120. The molecule has 2 atom stereocenters. The van der Waals surface area contributed by atoms with Crippen molar-refractivity contribution in [2.45, 2.75) is 19.3 Å². The van der Waals surface area contributed by atoms with Crippen LogP contribution in [0.25, 0.3) is 5.57 Å². The molecule has 1 saturated heterocycles. The number of piperidine rings is 1. The fraction of sp³-hybridized carbons (Fsp3) is 0.292. The summed E-state index contributed by atoms with van der Waals surface area (Å²) in [6, 6.07) is 7.08. The van der Waals surface area contributed by atoms with Gasteiger partial charge >= 0.3 is 0 Å². The van der Waals surface area contributed by atoms with Crippen molar-refractivity contribution in [2.24, 2.45) is 11.8 Å². The van der Waals surface area contributed by atoms with Crippen molar-refractivity contribution >= 4 is 22.9 Å². The third-order valence-corrected chi connectivity index (χ3v) is 6.28. The Morgan fingerprint density at radius 3 is 2.55 bits per heavy atom. The topological polar surface area (TPSA) is 19.4 Å². The van der Waals surface area contributed by atoms with Crippen molar-refractivity contribution in [1.29, 1.82) is 0 Å². The van der Waals surface area contributed by atoms with Crippen LogP contribution in [0.5, 0.6) is 0 Å². The van der Waals surface area contributed by atoms with E-state index in [1.807, 2.05) is 30.0 Å². The second-order valence-electron chi connectivity index (χ2n) is 8.11. The Kier molecular flexibility index (Phi) is 4.46. The summed E-state index contributed by atoms with van der Waals surface area (Å²) in [5.74, 6) is -4.18. The SMILES string of the molecule is C=CC1=CN(c2ccc(F)cc2F)c2nc(N3CC4C(C3)C4(F)F)ccc2/C1=C\CC. The van der Waals surface area contributed by atoms with E-state index in [9.17, 15) is 17.6 Å². The van der Waals surface area contributed by atoms with E-state index in [1.165, 1.54) is 12.1 Å². The van der Waals surface area contributed by atoms with Crippen LogP contribution in [0.4, 0.5) is 34.9 Å². The number of rotatable bonds is 4. The molecular weight excluding hydrogens is 406 g/mol. The van der Waals surface area contributed by atoms with E-state index < -0.39 is 29.4 Å². The normalized spacial score (nSPS) is 24.7. The van der Waals surface area contributed by atoms with Gasteiger partial charge in [-0.1, -0.05) is 25.7 Å². The molecular formula is C24H21F4N3. The molecule has 5 rings (SSSR count). The van der Waals surface area contributed by atoms with Crippen LogP contribution in [0.1, 0.15) is 18.9 Å². The number of allylic oxidation sites excluding steroid dienone is 4. The van der Waals surface area contributed by atoms with E-state index in [0.717, 1.165) is 29.2 Å². The summed E-state index contributed by atoms with van der Waals surface area (Å²) in [6.07, 6.45) is 6.22. The second-order valence-corrected chi connectivity index (χ2v) is 8.11. The first kappa shape index (κ1) is 19.8. The van der Waals surface area contributed by atoms with E-state index in [2.05, 4.69) is 6.58 Å². The lowest BCUT2D eigenvalue weighted by Gasteiger charge is -2.31. The van der Waals surface area contributed by atoms with E-state index in [4.69, 9.17) is 4.98 Å². The predicted octanol–water partition coefficient (Wildman–Crippen LogP) is 6.08. The van der Waals surface area contributed by atoms with Crippen molar-refractivity contribution in [3.63, 3.8) is 0 Å². The van der Waals surface area contributed by atoms with Crippen molar-refractivity contribution in [3.05, 3.63) is 78.0 Å². The molecule has 1 aromatic carbocycles. The molecule has 2 aromatic rings. The maximum absolute atomic E-state index is 14.7. The van der Waals surface area contributed by atoms with Gasteiger partial charge in [0, 0.05) is 30.9 Å². The van der Waals surface area contributed by atoms with Crippen LogP contribution in [0, 0.1) is 23.5 Å². The van der Waals surface area contributed by atoms with Crippen molar-refractivity contribution in [1.82, 2.24) is 4.98 Å². The summed E-state index contributed by atoms with van der Waals surface area (Å²) >= 11 is 0. The van der Waals surface area contributed by atoms with Crippen LogP contribution in [0.3, 0.4) is 0 Å². The minimum absolute atomic E-state index is 0.151. The standard InChI is InChI=1S/C24H21F4N3/c1-3-5-16-14(4-2)11-31(21-8-6-15(25)10-20(21)26)23-17(16)7-9-22(29-23)30-12-18-19(13-30)24(18,27)28/h4-11,18-19H,2-3,12-13H2,1H3/b16-5-. The lowest BCUT2D eigenvalue weighted by Crippen LogP contribution is -2.29. The zero-order chi connectivity index (χ0) is 21.9. The summed E-state index contributed by atoms with van der Waals surface area (Å²) in [6.45, 7) is 6.38. The number of hydrogen-bond donors (Lipinski definition) is 0. The van der Waals surface area contributed by atoms with Crippen LogP contribution < -0.4 is 9.80 Å². The summed E-state index contributed by atoms with van der Waals surface area (Å²) < 4.78 is 55.4. The summed E-state index contributed by atoms with van der Waals surface area (Å²) in [5, 5.41) is 0. The monoisotopic (exact) mass is 427 g/mol. The summed E-state index contributed by atoms with van der Waals surface area (Å²) in [7, 11) is 0. The molecule has 1 aromatic heterocycles. The summed E-state index contributed by atoms with van der Waals surface area (Å²) in [5.41, 5.74) is 2.63. The summed E-state index contributed by atoms with van der Waals surface area (Å²) in [4.78, 5) is 8.17. The molecule has 1 aliphatic carbocycles. The lowest BCUT2D eigenvalue weighted by atomic mass is 9.94. The van der Waals surface area contributed by atoms with Gasteiger partial charge in [0.05, 0.1) is 17.5 Å². The van der Waals surface area contributed by atoms with E-state index in [-0.39, 0.29) is 18.8 Å². The number of halogens is 4. The first-order valence-electron chi connectivity index (χ1n) is 10.3. The largest absolute Gasteiger partial charge is 0.356 e. The zero-order valence-corrected chi connectivity index (χ0v) is 17.0. The fourth-order valence-electron chi connectivity index (χ4n) is 4.58. The Balaban J connectivity index is 1.61. The number of hydrogen-bond acceptors (Lipinski definition) is 3. The van der Waals surface area contributed by atoms with Gasteiger partial charge in [-0.15, -0.1) is 0 Å². The van der Waals surface area contributed by atoms with Gasteiger partial charge in [-0.25, -0.2) is 22.5 Å². The van der Waals surface area contributed by atoms with Crippen molar-refractivity contribution < 1.29 is 17.6 Å². The highest BCUT2D eigenvalue weighted by molar-refractivity contribution is 5.93. The third-order valence-electron chi connectivity index (χ3n) is 6.28. The fourth-order valence-corrected chi connectivity index (χ4v) is 4.58. The molecule has 31 heavy (non-hydrogen) atoms. The van der Waals surface area contributed by atoms with Crippen LogP contribution in [-0.2, 0) is 0 Å². The molecule has 3 aliphatic rings. The highest BCUT2D eigenvalue weighted by atomic mass is 19.3. The molecule has 2 aliphatic heterocycles. The van der Waals surface area contributed by atoms with Gasteiger partial charge in [0.1, 0.15) is 23.3 Å². The number of fused-ring (bicyclic) bond motifs is 2. The van der Waals surface area contributed by atoms with Gasteiger partial charge < -0.3 is 4.90 Å². The van der Waals surface area contributed by atoms with Gasteiger partial charge in [-0.05, 0) is 41.8 Å². The molecule has 2 fully saturated rings. The zero-order valence-electron chi connectivity index (χ0n) is 17.0. The lowest BCUT2D eigenvalue weighted by molar-refractivity contribution is 0.0797.